The third-order valence-corrected chi connectivity index (χ3v) is 4.74. The van der Waals surface area contributed by atoms with Crippen LogP contribution in [0.2, 0.25) is 10.2 Å². The fraction of sp³-hybridized carbons (Fsp3) is 0.571. The van der Waals surface area contributed by atoms with Crippen LogP contribution in [-0.2, 0) is 4.74 Å². The summed E-state index contributed by atoms with van der Waals surface area (Å²) in [5.41, 5.74) is 0.493. The number of carbonyl (C=O) groups is 1. The second-order valence-electron chi connectivity index (χ2n) is 5.34. The van der Waals surface area contributed by atoms with Gasteiger partial charge >= 0.3 is 0 Å². The molecule has 21 heavy (non-hydrogen) atoms. The van der Waals surface area contributed by atoms with Gasteiger partial charge in [0, 0.05) is 38.4 Å². The van der Waals surface area contributed by atoms with Gasteiger partial charge in [-0.2, -0.15) is 0 Å². The molecule has 1 aromatic heterocycles. The Balaban J connectivity index is 1.64. The molecule has 3 heterocycles. The molecule has 2 aliphatic heterocycles. The fourth-order valence-electron chi connectivity index (χ4n) is 2.89. The number of halogens is 2. The Labute approximate surface area is 133 Å². The first kappa shape index (κ1) is 15.0. The minimum absolute atomic E-state index is 0.0307. The number of morpholine rings is 1. The molecule has 0 spiro atoms. The number of nitrogens with zero attached hydrogens (tertiary/aromatic N) is 3. The lowest BCUT2D eigenvalue weighted by Gasteiger charge is -2.32. The molecule has 0 N–H and O–H groups in total. The van der Waals surface area contributed by atoms with E-state index in [1.54, 1.807) is 6.07 Å². The summed E-state index contributed by atoms with van der Waals surface area (Å²) in [6, 6.07) is 2.01. The molecule has 0 bridgehead atoms. The zero-order valence-corrected chi connectivity index (χ0v) is 13.1. The van der Waals surface area contributed by atoms with Gasteiger partial charge in [0.25, 0.3) is 5.91 Å². The van der Waals surface area contributed by atoms with Crippen molar-refractivity contribution in [3.63, 3.8) is 0 Å². The number of carbonyl (C=O) groups excluding carboxylic acids is 1. The SMILES string of the molecule is O=C(c1cnc(Cl)c(Cl)c1)N1CCC(N2CCOCC2)C1. The summed E-state index contributed by atoms with van der Waals surface area (Å²) in [6.07, 6.45) is 2.49. The van der Waals surface area contributed by atoms with Crippen molar-refractivity contribution >= 4 is 29.1 Å². The Morgan fingerprint density at radius 2 is 2.05 bits per heavy atom. The van der Waals surface area contributed by atoms with Crippen molar-refractivity contribution < 1.29 is 9.53 Å². The van der Waals surface area contributed by atoms with E-state index in [0.717, 1.165) is 45.8 Å². The van der Waals surface area contributed by atoms with Gasteiger partial charge in [-0.1, -0.05) is 23.2 Å². The molecule has 2 fully saturated rings. The number of likely N-dealkylation sites (tertiary alicyclic amines) is 1. The molecule has 1 aromatic rings. The van der Waals surface area contributed by atoms with Crippen LogP contribution >= 0.6 is 23.2 Å². The van der Waals surface area contributed by atoms with E-state index < -0.39 is 0 Å². The van der Waals surface area contributed by atoms with E-state index in [0.29, 0.717) is 16.6 Å². The first-order valence-corrected chi connectivity index (χ1v) is 7.83. The molecule has 2 saturated heterocycles. The predicted molar refractivity (Wildman–Crippen MR) is 81.0 cm³/mol. The fourth-order valence-corrected chi connectivity index (χ4v) is 3.16. The summed E-state index contributed by atoms with van der Waals surface area (Å²) in [5.74, 6) is -0.0307. The van der Waals surface area contributed by atoms with E-state index in [2.05, 4.69) is 9.88 Å². The van der Waals surface area contributed by atoms with Gasteiger partial charge in [-0.3, -0.25) is 9.69 Å². The van der Waals surface area contributed by atoms with Crippen LogP contribution in [-0.4, -0.2) is 66.1 Å². The summed E-state index contributed by atoms with van der Waals surface area (Å²) in [5, 5.41) is 0.535. The van der Waals surface area contributed by atoms with Gasteiger partial charge < -0.3 is 9.64 Å². The van der Waals surface area contributed by atoms with Gasteiger partial charge in [-0.05, 0) is 12.5 Å². The summed E-state index contributed by atoms with van der Waals surface area (Å²) < 4.78 is 5.37. The molecular weight excluding hydrogens is 313 g/mol. The van der Waals surface area contributed by atoms with Crippen molar-refractivity contribution in [1.82, 2.24) is 14.8 Å². The smallest absolute Gasteiger partial charge is 0.255 e. The molecule has 114 valence electrons. The second kappa shape index (κ2) is 6.48. The number of ether oxygens (including phenoxy) is 1. The van der Waals surface area contributed by atoms with E-state index in [4.69, 9.17) is 27.9 Å². The summed E-state index contributed by atoms with van der Waals surface area (Å²) in [7, 11) is 0. The van der Waals surface area contributed by atoms with Crippen LogP contribution in [0.15, 0.2) is 12.3 Å². The van der Waals surface area contributed by atoms with Crippen molar-refractivity contribution in [2.45, 2.75) is 12.5 Å². The van der Waals surface area contributed by atoms with Crippen LogP contribution in [0.5, 0.6) is 0 Å². The Hall–Kier alpha value is -0.880. The Morgan fingerprint density at radius 1 is 1.29 bits per heavy atom. The maximum absolute atomic E-state index is 12.5. The highest BCUT2D eigenvalue weighted by Gasteiger charge is 2.31. The van der Waals surface area contributed by atoms with Crippen molar-refractivity contribution in [3.8, 4) is 0 Å². The lowest BCUT2D eigenvalue weighted by molar-refractivity contribution is 0.0185. The molecule has 2 aliphatic rings. The topological polar surface area (TPSA) is 45.7 Å². The van der Waals surface area contributed by atoms with Crippen LogP contribution in [0, 0.1) is 0 Å². The molecule has 1 atom stereocenters. The zero-order valence-electron chi connectivity index (χ0n) is 11.6. The van der Waals surface area contributed by atoms with E-state index in [9.17, 15) is 4.79 Å². The van der Waals surface area contributed by atoms with Gasteiger partial charge in [-0.25, -0.2) is 4.98 Å². The maximum atomic E-state index is 12.5. The number of hydrogen-bond acceptors (Lipinski definition) is 4. The van der Waals surface area contributed by atoms with E-state index in [-0.39, 0.29) is 11.1 Å². The average Bonchev–Trinajstić information content (AvgIpc) is 3.00. The van der Waals surface area contributed by atoms with Crippen LogP contribution in [0.3, 0.4) is 0 Å². The molecule has 0 radical (unpaired) electrons. The van der Waals surface area contributed by atoms with Gasteiger partial charge in [0.05, 0.1) is 23.8 Å². The molecule has 1 unspecified atom stereocenters. The minimum atomic E-state index is -0.0307. The summed E-state index contributed by atoms with van der Waals surface area (Å²) in [6.45, 7) is 4.96. The quantitative estimate of drug-likeness (QED) is 0.778. The van der Waals surface area contributed by atoms with Crippen molar-refractivity contribution in [2.24, 2.45) is 0 Å². The average molecular weight is 330 g/mol. The van der Waals surface area contributed by atoms with Crippen LogP contribution < -0.4 is 0 Å². The predicted octanol–water partition coefficient (Wildman–Crippen LogP) is 1.94. The highest BCUT2D eigenvalue weighted by Crippen LogP contribution is 2.23. The minimum Gasteiger partial charge on any atom is -0.379 e. The largest absolute Gasteiger partial charge is 0.379 e. The van der Waals surface area contributed by atoms with Gasteiger partial charge in [0.15, 0.2) is 0 Å². The van der Waals surface area contributed by atoms with E-state index in [1.165, 1.54) is 6.20 Å². The second-order valence-corrected chi connectivity index (χ2v) is 6.10. The third-order valence-electron chi connectivity index (χ3n) is 4.06. The number of rotatable bonds is 2. The van der Waals surface area contributed by atoms with Gasteiger partial charge in [0.2, 0.25) is 0 Å². The maximum Gasteiger partial charge on any atom is 0.255 e. The highest BCUT2D eigenvalue weighted by molar-refractivity contribution is 6.41. The first-order valence-electron chi connectivity index (χ1n) is 7.07. The molecule has 0 aromatic carbocycles. The molecular formula is C14H17Cl2N3O2. The standard InChI is InChI=1S/C14H17Cl2N3O2/c15-12-7-10(8-17-13(12)16)14(20)19-2-1-11(9-19)18-3-5-21-6-4-18/h7-8,11H,1-6,9H2. The molecule has 0 aliphatic carbocycles. The number of pyridine rings is 1. The van der Waals surface area contributed by atoms with Crippen LogP contribution in [0.4, 0.5) is 0 Å². The lowest BCUT2D eigenvalue weighted by atomic mass is 10.2. The number of aromatic nitrogens is 1. The summed E-state index contributed by atoms with van der Waals surface area (Å²) in [4.78, 5) is 20.7. The Bertz CT molecular complexity index is 535. The third kappa shape index (κ3) is 3.31. The lowest BCUT2D eigenvalue weighted by Crippen LogP contribution is -2.45. The normalized spacial score (nSPS) is 23.5. The molecule has 0 saturated carbocycles. The van der Waals surface area contributed by atoms with Crippen LogP contribution in [0.1, 0.15) is 16.8 Å². The molecule has 1 amide bonds. The number of hydrogen-bond donors (Lipinski definition) is 0. The monoisotopic (exact) mass is 329 g/mol. The van der Waals surface area contributed by atoms with Gasteiger partial charge in [0.1, 0.15) is 5.15 Å². The van der Waals surface area contributed by atoms with Crippen molar-refractivity contribution in [1.29, 1.82) is 0 Å². The molecule has 5 nitrogen and oxygen atoms in total. The van der Waals surface area contributed by atoms with Crippen molar-refractivity contribution in [2.75, 3.05) is 39.4 Å². The zero-order chi connectivity index (χ0) is 14.8. The van der Waals surface area contributed by atoms with Gasteiger partial charge in [-0.15, -0.1) is 0 Å². The van der Waals surface area contributed by atoms with E-state index in [1.807, 2.05) is 4.90 Å². The van der Waals surface area contributed by atoms with E-state index >= 15 is 0 Å². The molecule has 3 rings (SSSR count). The Kier molecular flexibility index (Phi) is 4.64. The highest BCUT2D eigenvalue weighted by atomic mass is 35.5. The first-order chi connectivity index (χ1) is 10.1. The summed E-state index contributed by atoms with van der Waals surface area (Å²) >= 11 is 11.7. The van der Waals surface area contributed by atoms with Crippen LogP contribution in [0.25, 0.3) is 0 Å². The van der Waals surface area contributed by atoms with Crippen molar-refractivity contribution in [3.05, 3.63) is 28.0 Å². The Morgan fingerprint density at radius 3 is 2.76 bits per heavy atom. The number of amides is 1. The molecule has 7 heteroatoms.